The summed E-state index contributed by atoms with van der Waals surface area (Å²) in [4.78, 5) is 37.5. The number of hydrogen-bond acceptors (Lipinski definition) is 5. The number of nitrogens with zero attached hydrogens (tertiary/aromatic N) is 3. The van der Waals surface area contributed by atoms with Crippen molar-refractivity contribution in [3.05, 3.63) is 41.7 Å². The number of imidazole rings is 1. The first-order valence-electron chi connectivity index (χ1n) is 9.92. The fourth-order valence-electron chi connectivity index (χ4n) is 4.22. The SMILES string of the molecule is N#Cc1c[nH]c(C(=O)N2CCO[C@@H]3CC[C@H](C(=O)NCCc4ncc[nH]4)C[C@H]32)c1. The van der Waals surface area contributed by atoms with Crippen LogP contribution in [-0.4, -0.2) is 63.5 Å². The molecule has 4 rings (SSSR count). The number of amides is 2. The van der Waals surface area contributed by atoms with Gasteiger partial charge in [0.2, 0.25) is 5.91 Å². The van der Waals surface area contributed by atoms with Crippen LogP contribution in [0.2, 0.25) is 0 Å². The number of nitriles is 1. The van der Waals surface area contributed by atoms with Crippen molar-refractivity contribution in [2.24, 2.45) is 5.92 Å². The van der Waals surface area contributed by atoms with Crippen LogP contribution in [0.5, 0.6) is 0 Å². The Bertz CT molecular complexity index is 900. The van der Waals surface area contributed by atoms with Gasteiger partial charge < -0.3 is 24.9 Å². The highest BCUT2D eigenvalue weighted by molar-refractivity contribution is 5.93. The summed E-state index contributed by atoms with van der Waals surface area (Å²) in [5, 5.41) is 12.0. The number of hydrogen-bond donors (Lipinski definition) is 3. The van der Waals surface area contributed by atoms with Gasteiger partial charge in [0.1, 0.15) is 17.6 Å². The number of aromatic amines is 2. The van der Waals surface area contributed by atoms with Crippen molar-refractivity contribution in [1.82, 2.24) is 25.2 Å². The first-order chi connectivity index (χ1) is 14.2. The van der Waals surface area contributed by atoms with Gasteiger partial charge in [-0.15, -0.1) is 0 Å². The highest BCUT2D eigenvalue weighted by Crippen LogP contribution is 2.33. The Morgan fingerprint density at radius 1 is 1.38 bits per heavy atom. The quantitative estimate of drug-likeness (QED) is 0.694. The fourth-order valence-corrected chi connectivity index (χ4v) is 4.22. The Hall–Kier alpha value is -3.12. The first-order valence-corrected chi connectivity index (χ1v) is 9.92. The van der Waals surface area contributed by atoms with Crippen LogP contribution in [-0.2, 0) is 16.0 Å². The van der Waals surface area contributed by atoms with Crippen LogP contribution in [0.15, 0.2) is 24.7 Å². The summed E-state index contributed by atoms with van der Waals surface area (Å²) in [6.45, 7) is 1.49. The largest absolute Gasteiger partial charge is 0.374 e. The molecule has 2 amide bonds. The fraction of sp³-hybridized carbons (Fsp3) is 0.500. The van der Waals surface area contributed by atoms with Crippen LogP contribution < -0.4 is 5.32 Å². The van der Waals surface area contributed by atoms with Gasteiger partial charge in [0.25, 0.3) is 5.91 Å². The molecule has 3 N–H and O–H groups in total. The lowest BCUT2D eigenvalue weighted by molar-refractivity contribution is -0.131. The van der Waals surface area contributed by atoms with Crippen LogP contribution in [0.4, 0.5) is 0 Å². The molecule has 152 valence electrons. The zero-order chi connectivity index (χ0) is 20.2. The molecule has 0 bridgehead atoms. The topological polar surface area (TPSA) is 127 Å². The number of aromatic nitrogens is 3. The molecule has 0 spiro atoms. The lowest BCUT2D eigenvalue weighted by Gasteiger charge is -2.45. The van der Waals surface area contributed by atoms with Gasteiger partial charge in [0.05, 0.1) is 24.3 Å². The number of carbonyl (C=O) groups excluding carboxylic acids is 2. The summed E-state index contributed by atoms with van der Waals surface area (Å²) in [5.74, 6) is 0.556. The number of ether oxygens (including phenoxy) is 1. The Morgan fingerprint density at radius 2 is 2.28 bits per heavy atom. The molecule has 0 radical (unpaired) electrons. The normalized spacial score (nSPS) is 23.8. The third kappa shape index (κ3) is 4.17. The Balaban J connectivity index is 1.38. The summed E-state index contributed by atoms with van der Waals surface area (Å²) in [6, 6.07) is 3.45. The number of rotatable bonds is 5. The summed E-state index contributed by atoms with van der Waals surface area (Å²) >= 11 is 0. The zero-order valence-corrected chi connectivity index (χ0v) is 16.1. The standard InChI is InChI=1S/C20H24N6O3/c21-11-13-9-15(25-12-13)20(28)26-7-8-29-17-2-1-14(10-16(17)26)19(27)24-4-3-18-22-5-6-23-18/h5-6,9,12,14,16-17,25H,1-4,7-8,10H2,(H,22,23)(H,24,27)/t14-,16+,17+/m0/s1. The Labute approximate surface area is 168 Å². The second kappa shape index (κ2) is 8.49. The van der Waals surface area contributed by atoms with Gasteiger partial charge in [0, 0.05) is 44.0 Å². The molecule has 9 heteroatoms. The van der Waals surface area contributed by atoms with E-state index in [0.29, 0.717) is 43.8 Å². The minimum Gasteiger partial charge on any atom is -0.374 e. The molecule has 0 unspecified atom stereocenters. The molecule has 0 aromatic carbocycles. The number of fused-ring (bicyclic) bond motifs is 1. The van der Waals surface area contributed by atoms with E-state index in [2.05, 4.69) is 20.3 Å². The van der Waals surface area contributed by atoms with Crippen LogP contribution in [0, 0.1) is 17.2 Å². The molecule has 29 heavy (non-hydrogen) atoms. The number of morpholine rings is 1. The molecule has 1 aliphatic heterocycles. The Morgan fingerprint density at radius 3 is 3.03 bits per heavy atom. The molecular formula is C20H24N6O3. The van der Waals surface area contributed by atoms with Gasteiger partial charge >= 0.3 is 0 Å². The highest BCUT2D eigenvalue weighted by atomic mass is 16.5. The predicted octanol–water partition coefficient (Wildman–Crippen LogP) is 0.978. The maximum atomic E-state index is 13.0. The highest BCUT2D eigenvalue weighted by Gasteiger charge is 2.42. The van der Waals surface area contributed by atoms with Crippen molar-refractivity contribution in [3.8, 4) is 6.07 Å². The number of H-pyrrole nitrogens is 2. The lowest BCUT2D eigenvalue weighted by Crippen LogP contribution is -2.57. The molecule has 2 fully saturated rings. The third-order valence-electron chi connectivity index (χ3n) is 5.71. The van der Waals surface area contributed by atoms with E-state index < -0.39 is 0 Å². The molecule has 3 atom stereocenters. The second-order valence-electron chi connectivity index (χ2n) is 7.48. The molecule has 2 aliphatic rings. The number of nitrogens with one attached hydrogen (secondary N) is 3. The van der Waals surface area contributed by atoms with E-state index in [-0.39, 0.29) is 29.9 Å². The average Bonchev–Trinajstić information content (AvgIpc) is 3.44. The van der Waals surface area contributed by atoms with E-state index in [4.69, 9.17) is 10.00 Å². The van der Waals surface area contributed by atoms with E-state index in [0.717, 1.165) is 18.7 Å². The molecule has 2 aromatic heterocycles. The molecule has 1 saturated carbocycles. The smallest absolute Gasteiger partial charge is 0.270 e. The summed E-state index contributed by atoms with van der Waals surface area (Å²) in [7, 11) is 0. The van der Waals surface area contributed by atoms with E-state index in [1.807, 2.05) is 6.07 Å². The van der Waals surface area contributed by atoms with Crippen LogP contribution in [0.1, 0.15) is 41.1 Å². The van der Waals surface area contributed by atoms with Gasteiger partial charge in [-0.3, -0.25) is 9.59 Å². The molecule has 1 aliphatic carbocycles. The summed E-state index contributed by atoms with van der Waals surface area (Å²) in [5.41, 5.74) is 0.822. The molecule has 1 saturated heterocycles. The van der Waals surface area contributed by atoms with Gasteiger partial charge in [-0.2, -0.15) is 5.26 Å². The van der Waals surface area contributed by atoms with Crippen LogP contribution in [0.3, 0.4) is 0 Å². The molecule has 3 heterocycles. The minimum absolute atomic E-state index is 0.0135. The summed E-state index contributed by atoms with van der Waals surface area (Å²) < 4.78 is 5.88. The molecular weight excluding hydrogens is 372 g/mol. The van der Waals surface area contributed by atoms with Gasteiger partial charge in [-0.05, 0) is 25.3 Å². The van der Waals surface area contributed by atoms with Gasteiger partial charge in [-0.1, -0.05) is 0 Å². The minimum atomic E-state index is -0.150. The third-order valence-corrected chi connectivity index (χ3v) is 5.71. The number of carbonyl (C=O) groups is 2. The van der Waals surface area contributed by atoms with E-state index in [1.165, 1.54) is 6.20 Å². The lowest BCUT2D eigenvalue weighted by atomic mass is 9.81. The van der Waals surface area contributed by atoms with Crippen molar-refractivity contribution in [1.29, 1.82) is 5.26 Å². The molecule has 2 aromatic rings. The van der Waals surface area contributed by atoms with Crippen molar-refractivity contribution >= 4 is 11.8 Å². The first kappa shape index (κ1) is 19.2. The predicted molar refractivity (Wildman–Crippen MR) is 103 cm³/mol. The maximum Gasteiger partial charge on any atom is 0.270 e. The van der Waals surface area contributed by atoms with Crippen molar-refractivity contribution < 1.29 is 14.3 Å². The average molecular weight is 396 g/mol. The Kier molecular flexibility index (Phi) is 5.62. The van der Waals surface area contributed by atoms with Crippen molar-refractivity contribution in [2.45, 2.75) is 37.8 Å². The second-order valence-corrected chi connectivity index (χ2v) is 7.48. The van der Waals surface area contributed by atoms with Crippen LogP contribution in [0.25, 0.3) is 0 Å². The van der Waals surface area contributed by atoms with E-state index in [1.54, 1.807) is 23.4 Å². The van der Waals surface area contributed by atoms with E-state index in [9.17, 15) is 9.59 Å². The van der Waals surface area contributed by atoms with Crippen molar-refractivity contribution in [2.75, 3.05) is 19.7 Å². The maximum absolute atomic E-state index is 13.0. The zero-order valence-electron chi connectivity index (χ0n) is 16.1. The van der Waals surface area contributed by atoms with Crippen LogP contribution >= 0.6 is 0 Å². The van der Waals surface area contributed by atoms with Gasteiger partial charge in [0.15, 0.2) is 0 Å². The molecule has 9 nitrogen and oxygen atoms in total. The van der Waals surface area contributed by atoms with Crippen molar-refractivity contribution in [3.63, 3.8) is 0 Å². The van der Waals surface area contributed by atoms with Gasteiger partial charge in [-0.25, -0.2) is 4.98 Å². The summed E-state index contributed by atoms with van der Waals surface area (Å²) in [6.07, 6.45) is 7.66. The van der Waals surface area contributed by atoms with E-state index >= 15 is 0 Å². The monoisotopic (exact) mass is 396 g/mol.